The summed E-state index contributed by atoms with van der Waals surface area (Å²) in [5, 5.41) is 20.2. The molecule has 1 heterocycles. The number of rotatable bonds is 4. The molecule has 0 fully saturated rings. The Balaban J connectivity index is 0.992. The molecule has 0 bridgehead atoms. The molecule has 61 heavy (non-hydrogen) atoms. The third kappa shape index (κ3) is 4.72. The quantitative estimate of drug-likeness (QED) is 0.162. The van der Waals surface area contributed by atoms with Crippen LogP contribution in [0.5, 0.6) is 0 Å². The minimum atomic E-state index is 0.894. The van der Waals surface area contributed by atoms with E-state index in [1.165, 1.54) is 109 Å². The predicted molar refractivity (Wildman–Crippen MR) is 260 cm³/mol. The van der Waals surface area contributed by atoms with Gasteiger partial charge in [-0.1, -0.05) is 182 Å². The van der Waals surface area contributed by atoms with Gasteiger partial charge in [0.05, 0.1) is 0 Å². The molecule has 0 N–H and O–H groups in total. The van der Waals surface area contributed by atoms with Gasteiger partial charge in [-0.3, -0.25) is 0 Å². The van der Waals surface area contributed by atoms with E-state index in [2.05, 4.69) is 206 Å². The second kappa shape index (κ2) is 12.3. The predicted octanol–water partition coefficient (Wildman–Crippen LogP) is 17.2. The fraction of sp³-hybridized carbons (Fsp3) is 0. The minimum Gasteiger partial charge on any atom is -0.456 e. The van der Waals surface area contributed by atoms with Gasteiger partial charge in [0.25, 0.3) is 0 Å². The maximum atomic E-state index is 6.87. The van der Waals surface area contributed by atoms with Gasteiger partial charge in [-0.15, -0.1) is 0 Å². The molecule has 1 heteroatoms. The lowest BCUT2D eigenvalue weighted by atomic mass is 9.85. The van der Waals surface area contributed by atoms with Crippen LogP contribution in [0.3, 0.4) is 0 Å². The second-order valence-corrected chi connectivity index (χ2v) is 16.8. The van der Waals surface area contributed by atoms with E-state index >= 15 is 0 Å². The zero-order chi connectivity index (χ0) is 39.8. The van der Waals surface area contributed by atoms with Crippen LogP contribution in [0.1, 0.15) is 0 Å². The Kier molecular flexibility index (Phi) is 6.62. The lowest BCUT2D eigenvalue weighted by Gasteiger charge is -2.17. The summed E-state index contributed by atoms with van der Waals surface area (Å²) < 4.78 is 6.87. The lowest BCUT2D eigenvalue weighted by Crippen LogP contribution is -1.90. The van der Waals surface area contributed by atoms with Crippen molar-refractivity contribution in [1.82, 2.24) is 0 Å². The van der Waals surface area contributed by atoms with Crippen LogP contribution in [0.15, 0.2) is 211 Å². The summed E-state index contributed by atoms with van der Waals surface area (Å²) in [5.74, 6) is 0. The van der Waals surface area contributed by atoms with E-state index in [9.17, 15) is 0 Å². The molecule has 13 aromatic carbocycles. The van der Waals surface area contributed by atoms with Crippen LogP contribution in [0.25, 0.3) is 142 Å². The van der Waals surface area contributed by atoms with E-state index in [-0.39, 0.29) is 0 Å². The highest BCUT2D eigenvalue weighted by Gasteiger charge is 2.21. The molecule has 0 radical (unpaired) electrons. The highest BCUT2D eigenvalue weighted by atomic mass is 16.3. The van der Waals surface area contributed by atoms with Crippen molar-refractivity contribution >= 4 is 97.3 Å². The Labute approximate surface area is 351 Å². The largest absolute Gasteiger partial charge is 0.456 e. The molecular weight excluding hydrogens is 737 g/mol. The fourth-order valence-corrected chi connectivity index (χ4v) is 10.7. The van der Waals surface area contributed by atoms with E-state index in [4.69, 9.17) is 4.42 Å². The van der Waals surface area contributed by atoms with Gasteiger partial charge in [0.2, 0.25) is 0 Å². The zero-order valence-corrected chi connectivity index (χ0v) is 33.0. The number of benzene rings is 13. The molecule has 0 aliphatic heterocycles. The normalized spacial score (nSPS) is 12.3. The molecule has 14 aromatic rings. The zero-order valence-electron chi connectivity index (χ0n) is 33.0. The first-order valence-electron chi connectivity index (χ1n) is 21.1. The third-order valence-electron chi connectivity index (χ3n) is 13.5. The summed E-state index contributed by atoms with van der Waals surface area (Å²) in [7, 11) is 0. The smallest absolute Gasteiger partial charge is 0.136 e. The van der Waals surface area contributed by atoms with E-state index in [0.29, 0.717) is 0 Å². The molecule has 0 saturated carbocycles. The van der Waals surface area contributed by atoms with Gasteiger partial charge < -0.3 is 4.42 Å². The van der Waals surface area contributed by atoms with Gasteiger partial charge in [0.1, 0.15) is 11.2 Å². The van der Waals surface area contributed by atoms with Crippen LogP contribution in [-0.4, -0.2) is 0 Å². The first-order chi connectivity index (χ1) is 30.2. The Hall–Kier alpha value is -8.00. The summed E-state index contributed by atoms with van der Waals surface area (Å²) >= 11 is 0. The maximum Gasteiger partial charge on any atom is 0.136 e. The van der Waals surface area contributed by atoms with Crippen molar-refractivity contribution in [1.29, 1.82) is 0 Å². The van der Waals surface area contributed by atoms with Gasteiger partial charge in [-0.05, 0) is 144 Å². The summed E-state index contributed by atoms with van der Waals surface area (Å²) in [4.78, 5) is 0. The Morgan fingerprint density at radius 2 is 0.689 bits per heavy atom. The molecule has 1 nitrogen and oxygen atoms in total. The van der Waals surface area contributed by atoms with Crippen molar-refractivity contribution < 1.29 is 4.42 Å². The SMILES string of the molecule is c1ccc(-c2ccc3ccc4c(-c5cc(-c6ccc(-c7ccc8ccc9cccc%10ccc7c8c9%10)cc6)cc6oc7cc8ccccc8cc7c56)ccc5ccc2c3c54)cc1. The van der Waals surface area contributed by atoms with Crippen LogP contribution in [0, 0.1) is 0 Å². The van der Waals surface area contributed by atoms with E-state index < -0.39 is 0 Å². The molecule has 0 saturated heterocycles. The molecule has 0 aliphatic carbocycles. The molecule has 1 aromatic heterocycles. The average molecular weight is 771 g/mol. The van der Waals surface area contributed by atoms with E-state index in [1.54, 1.807) is 0 Å². The number of hydrogen-bond acceptors (Lipinski definition) is 1. The molecule has 280 valence electrons. The van der Waals surface area contributed by atoms with Gasteiger partial charge in [-0.25, -0.2) is 0 Å². The maximum absolute atomic E-state index is 6.87. The van der Waals surface area contributed by atoms with Gasteiger partial charge in [-0.2, -0.15) is 0 Å². The van der Waals surface area contributed by atoms with Gasteiger partial charge in [0, 0.05) is 10.8 Å². The Morgan fingerprint density at radius 3 is 1.34 bits per heavy atom. The van der Waals surface area contributed by atoms with Crippen LogP contribution >= 0.6 is 0 Å². The van der Waals surface area contributed by atoms with Crippen molar-refractivity contribution in [2.75, 3.05) is 0 Å². The Morgan fingerprint density at radius 1 is 0.213 bits per heavy atom. The van der Waals surface area contributed by atoms with Crippen molar-refractivity contribution in [2.24, 2.45) is 0 Å². The standard InChI is InChI=1S/C60H34O/c1-2-7-36(8-3-1)46-25-20-41-24-30-51-48(27-21-42-23-29-50(46)58(41)59(42)51)52-32-45(34-55-60(52)53-31-43-9-4-5-10-44(43)33-54(53)61-55)35-13-15-37(16-14-35)47-26-19-40-18-17-38-11-6-12-39-22-28-49(47)57(40)56(38)39/h1-34H. The van der Waals surface area contributed by atoms with Crippen LogP contribution in [-0.2, 0) is 0 Å². The minimum absolute atomic E-state index is 0.894. The first-order valence-corrected chi connectivity index (χ1v) is 21.1. The molecule has 0 unspecified atom stereocenters. The van der Waals surface area contributed by atoms with Crippen molar-refractivity contribution in [3.63, 3.8) is 0 Å². The molecule has 0 spiro atoms. The van der Waals surface area contributed by atoms with Crippen molar-refractivity contribution in [3.05, 3.63) is 206 Å². The monoisotopic (exact) mass is 770 g/mol. The average Bonchev–Trinajstić information content (AvgIpc) is 3.69. The summed E-state index contributed by atoms with van der Waals surface area (Å²) in [6, 6.07) is 76.4. The number of fused-ring (bicyclic) bond motifs is 4. The van der Waals surface area contributed by atoms with Gasteiger partial charge >= 0.3 is 0 Å². The van der Waals surface area contributed by atoms with Crippen LogP contribution in [0.4, 0.5) is 0 Å². The topological polar surface area (TPSA) is 13.1 Å². The van der Waals surface area contributed by atoms with Crippen molar-refractivity contribution in [3.8, 4) is 44.5 Å². The third-order valence-corrected chi connectivity index (χ3v) is 13.5. The van der Waals surface area contributed by atoms with E-state index in [1.807, 2.05) is 0 Å². The molecule has 0 aliphatic rings. The molecule has 0 atom stereocenters. The molecule has 0 amide bonds. The second-order valence-electron chi connectivity index (χ2n) is 16.8. The highest BCUT2D eigenvalue weighted by molar-refractivity contribution is 6.29. The fourth-order valence-electron chi connectivity index (χ4n) is 10.7. The number of furan rings is 1. The van der Waals surface area contributed by atoms with Crippen molar-refractivity contribution in [2.45, 2.75) is 0 Å². The molecule has 14 rings (SSSR count). The Bertz CT molecular complexity index is 4060. The van der Waals surface area contributed by atoms with Crippen LogP contribution < -0.4 is 0 Å². The first kappa shape index (κ1) is 32.9. The highest BCUT2D eigenvalue weighted by Crippen LogP contribution is 2.47. The summed E-state index contributed by atoms with van der Waals surface area (Å²) in [6.45, 7) is 0. The number of hydrogen-bond donors (Lipinski definition) is 0. The molecular formula is C60H34O. The lowest BCUT2D eigenvalue weighted by molar-refractivity contribution is 0.669. The summed E-state index contributed by atoms with van der Waals surface area (Å²) in [6.07, 6.45) is 0. The van der Waals surface area contributed by atoms with Gasteiger partial charge in [0.15, 0.2) is 0 Å². The van der Waals surface area contributed by atoms with Crippen LogP contribution in [0.2, 0.25) is 0 Å². The summed E-state index contributed by atoms with van der Waals surface area (Å²) in [5.41, 5.74) is 11.4. The van der Waals surface area contributed by atoms with E-state index in [0.717, 1.165) is 33.1 Å².